The molecule has 0 saturated heterocycles. The van der Waals surface area contributed by atoms with Crippen molar-refractivity contribution in [2.75, 3.05) is 7.11 Å². The predicted molar refractivity (Wildman–Crippen MR) is 58.3 cm³/mol. The van der Waals surface area contributed by atoms with Crippen molar-refractivity contribution in [3.63, 3.8) is 0 Å². The fraction of sp³-hybridized carbons (Fsp3) is 0.455. The third kappa shape index (κ3) is 2.26. The zero-order valence-electron chi connectivity index (χ0n) is 9.40. The van der Waals surface area contributed by atoms with Crippen LogP contribution in [0.1, 0.15) is 26.3 Å². The summed E-state index contributed by atoms with van der Waals surface area (Å²) in [5.41, 5.74) is 0.696. The van der Waals surface area contributed by atoms with Gasteiger partial charge in [0.05, 0.1) is 12.0 Å². The molecule has 0 aliphatic heterocycles. The molecule has 0 saturated carbocycles. The van der Waals surface area contributed by atoms with Crippen LogP contribution in [0.2, 0.25) is 0 Å². The first-order valence-corrected chi connectivity index (χ1v) is 4.70. The monoisotopic (exact) mass is 209 g/mol. The van der Waals surface area contributed by atoms with E-state index < -0.39 is 4.92 Å². The highest BCUT2D eigenvalue weighted by Gasteiger charge is 2.25. The van der Waals surface area contributed by atoms with E-state index in [-0.39, 0.29) is 11.1 Å². The molecule has 1 aromatic carbocycles. The summed E-state index contributed by atoms with van der Waals surface area (Å²) >= 11 is 0. The summed E-state index contributed by atoms with van der Waals surface area (Å²) in [5.74, 6) is 0.356. The van der Waals surface area contributed by atoms with E-state index in [1.54, 1.807) is 6.07 Å². The zero-order valence-corrected chi connectivity index (χ0v) is 9.40. The smallest absolute Gasteiger partial charge is 0.311 e. The van der Waals surface area contributed by atoms with E-state index in [0.717, 1.165) is 5.56 Å². The number of hydrogen-bond acceptors (Lipinski definition) is 3. The second-order valence-electron chi connectivity index (χ2n) is 4.37. The molecule has 0 unspecified atom stereocenters. The van der Waals surface area contributed by atoms with Gasteiger partial charge in [-0.15, -0.1) is 0 Å². The molecule has 0 N–H and O–H groups in total. The fourth-order valence-electron chi connectivity index (χ4n) is 1.47. The van der Waals surface area contributed by atoms with Crippen LogP contribution in [0.3, 0.4) is 0 Å². The molecule has 0 heterocycles. The largest absolute Gasteiger partial charge is 0.490 e. The summed E-state index contributed by atoms with van der Waals surface area (Å²) in [4.78, 5) is 10.4. The molecule has 4 heteroatoms. The van der Waals surface area contributed by atoms with Crippen molar-refractivity contribution in [3.05, 3.63) is 33.9 Å². The normalized spacial score (nSPS) is 11.2. The highest BCUT2D eigenvalue weighted by molar-refractivity contribution is 5.53. The maximum atomic E-state index is 10.8. The summed E-state index contributed by atoms with van der Waals surface area (Å²) in [7, 11) is 1.46. The molecule has 0 fully saturated rings. The minimum atomic E-state index is -0.423. The predicted octanol–water partition coefficient (Wildman–Crippen LogP) is 2.90. The van der Waals surface area contributed by atoms with Crippen molar-refractivity contribution in [2.45, 2.75) is 26.2 Å². The van der Waals surface area contributed by atoms with Gasteiger partial charge in [0.2, 0.25) is 5.75 Å². The van der Waals surface area contributed by atoms with Crippen molar-refractivity contribution in [1.29, 1.82) is 0 Å². The molecule has 1 rings (SSSR count). The van der Waals surface area contributed by atoms with Crippen LogP contribution in [0, 0.1) is 10.1 Å². The topological polar surface area (TPSA) is 52.4 Å². The Bertz CT molecular complexity index is 380. The van der Waals surface area contributed by atoms with Gasteiger partial charge in [-0.3, -0.25) is 10.1 Å². The number of ether oxygens (including phenoxy) is 1. The first kappa shape index (κ1) is 11.5. The highest BCUT2D eigenvalue weighted by Crippen LogP contribution is 2.37. The molecule has 15 heavy (non-hydrogen) atoms. The van der Waals surface area contributed by atoms with Crippen LogP contribution in [0.4, 0.5) is 5.69 Å². The Hall–Kier alpha value is -1.58. The summed E-state index contributed by atoms with van der Waals surface area (Å²) in [6.07, 6.45) is 0. The molecule has 0 aliphatic rings. The lowest BCUT2D eigenvalue weighted by Gasteiger charge is -2.21. The number of benzene rings is 1. The summed E-state index contributed by atoms with van der Waals surface area (Å²) in [5, 5.41) is 10.8. The molecular weight excluding hydrogens is 194 g/mol. The van der Waals surface area contributed by atoms with Crippen LogP contribution >= 0.6 is 0 Å². The van der Waals surface area contributed by atoms with Gasteiger partial charge in [0.25, 0.3) is 0 Å². The zero-order chi connectivity index (χ0) is 11.6. The molecule has 0 aliphatic carbocycles. The average molecular weight is 209 g/mol. The van der Waals surface area contributed by atoms with E-state index in [1.807, 2.05) is 26.8 Å². The van der Waals surface area contributed by atoms with Gasteiger partial charge in [0, 0.05) is 11.6 Å². The van der Waals surface area contributed by atoms with Crippen molar-refractivity contribution in [2.24, 2.45) is 0 Å². The van der Waals surface area contributed by atoms with Gasteiger partial charge in [-0.2, -0.15) is 0 Å². The molecule has 0 amide bonds. The van der Waals surface area contributed by atoms with E-state index >= 15 is 0 Å². The van der Waals surface area contributed by atoms with Crippen molar-refractivity contribution < 1.29 is 9.66 Å². The standard InChI is InChI=1S/C11H15NO3/c1-11(2,3)8-6-5-7-9(12(13)14)10(8)15-4/h5-7H,1-4H3. The molecule has 4 nitrogen and oxygen atoms in total. The second-order valence-corrected chi connectivity index (χ2v) is 4.37. The number of methoxy groups -OCH3 is 1. The van der Waals surface area contributed by atoms with E-state index in [4.69, 9.17) is 4.74 Å². The lowest BCUT2D eigenvalue weighted by atomic mass is 9.86. The van der Waals surface area contributed by atoms with Crippen LogP contribution in [0.5, 0.6) is 5.75 Å². The number of hydrogen-bond donors (Lipinski definition) is 0. The van der Waals surface area contributed by atoms with Crippen LogP contribution in [-0.4, -0.2) is 12.0 Å². The number of nitro groups is 1. The van der Waals surface area contributed by atoms with Gasteiger partial charge < -0.3 is 4.74 Å². The van der Waals surface area contributed by atoms with Gasteiger partial charge in [-0.1, -0.05) is 32.9 Å². The number of para-hydroxylation sites is 1. The van der Waals surface area contributed by atoms with Crippen LogP contribution in [-0.2, 0) is 5.41 Å². The van der Waals surface area contributed by atoms with E-state index in [0.29, 0.717) is 5.75 Å². The molecule has 1 aromatic rings. The lowest BCUT2D eigenvalue weighted by molar-refractivity contribution is -0.385. The van der Waals surface area contributed by atoms with Gasteiger partial charge >= 0.3 is 5.69 Å². The lowest BCUT2D eigenvalue weighted by Crippen LogP contribution is -2.13. The number of rotatable bonds is 2. The Morgan fingerprint density at radius 3 is 2.33 bits per heavy atom. The van der Waals surface area contributed by atoms with E-state index in [2.05, 4.69) is 0 Å². The van der Waals surface area contributed by atoms with Crippen molar-refractivity contribution in [1.82, 2.24) is 0 Å². The van der Waals surface area contributed by atoms with Gasteiger partial charge in [-0.25, -0.2) is 0 Å². The molecule has 0 aromatic heterocycles. The number of nitrogens with zero attached hydrogens (tertiary/aromatic N) is 1. The molecule has 0 spiro atoms. The van der Waals surface area contributed by atoms with E-state index in [1.165, 1.54) is 13.2 Å². The Balaban J connectivity index is 3.42. The maximum Gasteiger partial charge on any atom is 0.311 e. The Morgan fingerprint density at radius 1 is 1.33 bits per heavy atom. The fourth-order valence-corrected chi connectivity index (χ4v) is 1.47. The number of nitro benzene ring substituents is 1. The Labute approximate surface area is 89.0 Å². The molecule has 82 valence electrons. The van der Waals surface area contributed by atoms with Crippen molar-refractivity contribution >= 4 is 5.69 Å². The van der Waals surface area contributed by atoms with Gasteiger partial charge in [0.1, 0.15) is 0 Å². The van der Waals surface area contributed by atoms with Gasteiger partial charge in [0.15, 0.2) is 0 Å². The minimum absolute atomic E-state index is 0.0184. The van der Waals surface area contributed by atoms with Crippen LogP contribution in [0.25, 0.3) is 0 Å². The minimum Gasteiger partial charge on any atom is -0.490 e. The highest BCUT2D eigenvalue weighted by atomic mass is 16.6. The molecule has 0 radical (unpaired) electrons. The summed E-state index contributed by atoms with van der Waals surface area (Å²) in [6, 6.07) is 4.99. The summed E-state index contributed by atoms with van der Waals surface area (Å²) in [6.45, 7) is 5.98. The second kappa shape index (κ2) is 3.88. The average Bonchev–Trinajstić information content (AvgIpc) is 2.15. The third-order valence-corrected chi connectivity index (χ3v) is 2.20. The Kier molecular flexibility index (Phi) is 2.98. The quantitative estimate of drug-likeness (QED) is 0.556. The van der Waals surface area contributed by atoms with Gasteiger partial charge in [-0.05, 0) is 5.41 Å². The molecular formula is C11H15NO3. The van der Waals surface area contributed by atoms with Crippen LogP contribution < -0.4 is 4.74 Å². The third-order valence-electron chi connectivity index (χ3n) is 2.20. The Morgan fingerprint density at radius 2 is 1.93 bits per heavy atom. The SMILES string of the molecule is COc1c([N+](=O)[O-])cccc1C(C)(C)C. The molecule has 0 bridgehead atoms. The van der Waals surface area contributed by atoms with E-state index in [9.17, 15) is 10.1 Å². The van der Waals surface area contributed by atoms with Crippen LogP contribution in [0.15, 0.2) is 18.2 Å². The molecule has 0 atom stereocenters. The van der Waals surface area contributed by atoms with Crippen molar-refractivity contribution in [3.8, 4) is 5.75 Å². The first-order valence-electron chi connectivity index (χ1n) is 4.70. The maximum absolute atomic E-state index is 10.8. The summed E-state index contributed by atoms with van der Waals surface area (Å²) < 4.78 is 5.12. The first-order chi connectivity index (χ1) is 6.88.